The number of nitrogens with zero attached hydrogens (tertiary/aromatic N) is 10. The lowest BCUT2D eigenvalue weighted by atomic mass is 10.1. The molecular formula is C86H97ClF14N12O26S5. The van der Waals surface area contributed by atoms with Crippen molar-refractivity contribution in [1.82, 2.24) is 17.8 Å². The van der Waals surface area contributed by atoms with Gasteiger partial charge < -0.3 is 45.1 Å². The highest BCUT2D eigenvalue weighted by atomic mass is 35.5. The molecule has 9 rings (SSSR count). The first-order valence-corrected chi connectivity index (χ1v) is 49.0. The van der Waals surface area contributed by atoms with Crippen molar-refractivity contribution in [2.75, 3.05) is 102 Å². The largest absolute Gasteiger partial charge is 0.449 e. The van der Waals surface area contributed by atoms with Crippen LogP contribution in [-0.4, -0.2) is 214 Å². The van der Waals surface area contributed by atoms with Gasteiger partial charge in [0, 0.05) is 83.1 Å². The zero-order chi connectivity index (χ0) is 110. The van der Waals surface area contributed by atoms with Crippen molar-refractivity contribution < 1.29 is 161 Å². The number of ether oxygens (including phenoxy) is 4. The molecule has 58 heteroatoms. The number of halogens is 15. The van der Waals surface area contributed by atoms with Crippen LogP contribution in [0.2, 0.25) is 0 Å². The number of nitro groups is 4. The summed E-state index contributed by atoms with van der Waals surface area (Å²) in [6.45, 7) is 8.83. The monoisotopic (exact) mass is 2170 g/mol. The van der Waals surface area contributed by atoms with Gasteiger partial charge in [-0.1, -0.05) is 162 Å². The first-order chi connectivity index (χ1) is 66.6. The van der Waals surface area contributed by atoms with Crippen molar-refractivity contribution in [1.29, 1.82) is 0 Å². The summed E-state index contributed by atoms with van der Waals surface area (Å²) in [6, 6.07) is 47.9. The van der Waals surface area contributed by atoms with E-state index in [9.17, 15) is 163 Å². The molecule has 0 radical (unpaired) electrons. The third-order valence-electron chi connectivity index (χ3n) is 18.6. The van der Waals surface area contributed by atoms with E-state index < -0.39 is 205 Å². The molecule has 0 aliphatic carbocycles. The first kappa shape index (κ1) is 126. The molecule has 0 aromatic heterocycles. The van der Waals surface area contributed by atoms with Crippen molar-refractivity contribution in [3.63, 3.8) is 0 Å². The first-order valence-electron chi connectivity index (χ1n) is 41.0. The van der Waals surface area contributed by atoms with Gasteiger partial charge in [0.15, 0.2) is 19.7 Å². The van der Waals surface area contributed by atoms with Gasteiger partial charge in [0.2, 0.25) is 11.6 Å². The van der Waals surface area contributed by atoms with Gasteiger partial charge in [0.1, 0.15) is 45.2 Å². The molecule has 0 fully saturated rings. The Bertz CT molecular complexity index is 6380. The molecule has 4 N–H and O–H groups in total. The smallest absolute Gasteiger partial charge is 0.423 e. The van der Waals surface area contributed by atoms with E-state index in [1.807, 2.05) is 30.3 Å². The average molecular weight is 2180 g/mol. The molecule has 0 aliphatic heterocycles. The number of alkyl halides is 12. The highest BCUT2D eigenvalue weighted by molar-refractivity contribution is 7.92. The van der Waals surface area contributed by atoms with Crippen molar-refractivity contribution in [2.45, 2.75) is 123 Å². The number of aryl methyl sites for hydroxylation is 1. The van der Waals surface area contributed by atoms with Crippen LogP contribution in [-0.2, 0) is 102 Å². The Morgan fingerprint density at radius 2 is 0.639 bits per heavy atom. The van der Waals surface area contributed by atoms with Crippen LogP contribution in [0.1, 0.15) is 68.9 Å². The van der Waals surface area contributed by atoms with Crippen LogP contribution < -0.4 is 21.3 Å². The Balaban J connectivity index is 0.000000582. The maximum atomic E-state index is 13.3. The second-order valence-corrected chi connectivity index (χ2v) is 39.5. The fourth-order valence-corrected chi connectivity index (χ4v) is 15.9. The molecule has 0 heterocycles. The third-order valence-corrected chi connectivity index (χ3v) is 27.3. The van der Waals surface area contributed by atoms with Gasteiger partial charge in [0.05, 0.1) is 73.6 Å². The van der Waals surface area contributed by atoms with Crippen molar-refractivity contribution in [3.8, 4) is 0 Å². The van der Waals surface area contributed by atoms with Crippen LogP contribution >= 0.6 is 11.6 Å². The predicted molar refractivity (Wildman–Crippen MR) is 497 cm³/mol. The van der Waals surface area contributed by atoms with E-state index in [-0.39, 0.29) is 73.3 Å². The summed E-state index contributed by atoms with van der Waals surface area (Å²) < 4.78 is 311. The molecule has 0 saturated heterocycles. The Morgan fingerprint density at radius 3 is 0.924 bits per heavy atom. The molecule has 792 valence electrons. The zero-order valence-corrected chi connectivity index (χ0v) is 82.4. The van der Waals surface area contributed by atoms with E-state index >= 15 is 0 Å². The summed E-state index contributed by atoms with van der Waals surface area (Å²) in [5.74, 6) is -2.51. The third kappa shape index (κ3) is 43.6. The fourth-order valence-electron chi connectivity index (χ4n) is 10.8. The molecular weight excluding hydrogens is 2080 g/mol. The number of sulfonamides is 3. The van der Waals surface area contributed by atoms with E-state index in [4.69, 9.17) is 31.5 Å². The predicted octanol–water partition coefficient (Wildman–Crippen LogP) is 18.3. The Morgan fingerprint density at radius 1 is 0.368 bits per heavy atom. The van der Waals surface area contributed by atoms with E-state index in [0.29, 0.717) is 50.2 Å². The average Bonchev–Trinajstić information content (AvgIpc) is 0.778. The minimum Gasteiger partial charge on any atom is -0.449 e. The summed E-state index contributed by atoms with van der Waals surface area (Å²) in [6.07, 6.45) is -23.3. The van der Waals surface area contributed by atoms with Gasteiger partial charge in [-0.3, -0.25) is 40.5 Å². The van der Waals surface area contributed by atoms with E-state index in [0.717, 1.165) is 87.2 Å². The van der Waals surface area contributed by atoms with Gasteiger partial charge in [0.25, 0.3) is 41.4 Å². The SMILES string of the molecule is CCN(CC)CC.CCS(=O)(=O)c1ccc(F)c([N+](=O)[O-])c1.CCS(=O)(=O)c1ccc(N(C)CC(F)(F)F)c(N)c1.CN(C(=O)OCc1ccccc1)S(=O)(=O)c1ccc(CCC(F)(F)F)c([N+](=O)[O-])c1.CN(C(=O)OCc1ccccc1)S(=O)(=O)c1ccc(F)c([N+](=O)[O-])c1.CN(CC(F)(F)F)c1ccc(S(=O)(=O)N(C)C(=O)OCc2ccccc2)cc1[N+](=O)[O-].NCC(F)(F)F.O=C(Cl)OCc1ccccc1. The molecule has 9 aromatic carbocycles. The Hall–Kier alpha value is -13.8. The highest BCUT2D eigenvalue weighted by Gasteiger charge is 2.38. The van der Waals surface area contributed by atoms with E-state index in [2.05, 4.69) is 36.1 Å². The van der Waals surface area contributed by atoms with Crippen molar-refractivity contribution in [2.24, 2.45) is 5.73 Å². The minimum atomic E-state index is -4.63. The summed E-state index contributed by atoms with van der Waals surface area (Å²) in [5.41, 5.74) is 7.79. The maximum Gasteiger partial charge on any atom is 0.423 e. The van der Waals surface area contributed by atoms with Crippen LogP contribution in [0.15, 0.2) is 237 Å². The number of sulfone groups is 2. The van der Waals surface area contributed by atoms with Gasteiger partial charge in [-0.15, -0.1) is 0 Å². The minimum absolute atomic E-state index is 0.00118. The summed E-state index contributed by atoms with van der Waals surface area (Å²) in [4.78, 5) is 87.8. The van der Waals surface area contributed by atoms with E-state index in [1.165, 1.54) is 58.7 Å². The molecule has 3 amide bonds. The summed E-state index contributed by atoms with van der Waals surface area (Å²) >= 11 is 4.97. The molecule has 38 nitrogen and oxygen atoms in total. The quantitative estimate of drug-likeness (QED) is 0.00775. The van der Waals surface area contributed by atoms with Crippen LogP contribution in [0.3, 0.4) is 0 Å². The number of rotatable bonds is 31. The highest BCUT2D eigenvalue weighted by Crippen LogP contribution is 2.36. The maximum absolute atomic E-state index is 13.3. The number of hydrogen-bond donors (Lipinski definition) is 2. The van der Waals surface area contributed by atoms with Gasteiger partial charge >= 0.3 is 59.8 Å². The normalized spacial score (nSPS) is 11.4. The number of nitrogens with two attached hydrogens (primary N) is 2. The van der Waals surface area contributed by atoms with Crippen molar-refractivity contribution in [3.05, 3.63) is 292 Å². The number of nitro benzene ring substituents is 4. The zero-order valence-electron chi connectivity index (χ0n) is 77.6. The molecule has 0 unspecified atom stereocenters. The lowest BCUT2D eigenvalue weighted by molar-refractivity contribution is -0.387. The topological polar surface area (TPSA) is 520 Å². The van der Waals surface area contributed by atoms with Crippen LogP contribution in [0.5, 0.6) is 0 Å². The Kier molecular flexibility index (Phi) is 50.4. The number of hydrogen-bond acceptors (Lipinski definition) is 31. The summed E-state index contributed by atoms with van der Waals surface area (Å²) in [7, 11) is -15.5. The number of nitrogen functional groups attached to an aromatic ring is 1. The lowest BCUT2D eigenvalue weighted by Gasteiger charge is -2.22. The van der Waals surface area contributed by atoms with Crippen molar-refractivity contribution >= 4 is 125 Å². The van der Waals surface area contributed by atoms with E-state index in [1.54, 1.807) is 91.0 Å². The molecule has 9 aromatic rings. The molecule has 0 spiro atoms. The second-order valence-electron chi connectivity index (χ2n) is 28.8. The number of amides is 3. The summed E-state index contributed by atoms with van der Waals surface area (Å²) in [5, 5.41) is 43.6. The molecule has 0 aliphatic rings. The Labute approximate surface area is 822 Å². The van der Waals surface area contributed by atoms with Crippen LogP contribution in [0.25, 0.3) is 0 Å². The van der Waals surface area contributed by atoms with Gasteiger partial charge in [-0.05, 0) is 109 Å². The lowest BCUT2D eigenvalue weighted by Crippen LogP contribution is -2.34. The molecule has 0 atom stereocenters. The number of anilines is 3. The number of benzene rings is 9. The molecule has 144 heavy (non-hydrogen) atoms. The van der Waals surface area contributed by atoms with Crippen LogP contribution in [0, 0.1) is 52.1 Å². The second kappa shape index (κ2) is 57.5. The van der Waals surface area contributed by atoms with Gasteiger partial charge in [-0.2, -0.15) is 61.5 Å². The molecule has 0 bridgehead atoms. The van der Waals surface area contributed by atoms with Gasteiger partial charge in [-0.25, -0.2) is 74.2 Å². The molecule has 0 saturated carbocycles. The fraction of sp³-hybridized carbons (Fsp3) is 0.326. The number of carbonyl (C=O) groups excluding carboxylic acids is 4. The van der Waals surface area contributed by atoms with Crippen LogP contribution in [0.4, 0.5) is 120 Å². The standard InChI is InChI=1S/C18H18F3N3O6S.C18H17F3N2O6S.C15H13FN2O6S.C11H15F3N2O2S.C8H7ClO2.C8H8FNO4S.C6H15N.C2H4F3N/c1-22(12-18(19,20)21)15-9-8-14(10-16(15)24(26)27)31(28,29)23(2)17(25)30-11-13-6-4-3-5-7-13;1-22(17(24)29-12-13-5-3-2-4-6-13)30(27,28)15-8-7-14(9-10-18(19,20)21)16(11-15)23(25)26;1-17(15(19)24-10-11-5-3-2-4-6-11)25(22,23)12-7-8-13(16)14(9-12)18(20)21;1-3-19(17,18)8-4-5-10(9(15)6-8)16(2)7-11(12,13)14;9-8(10)11-6-7-4-2-1-3-5-7;1-2-15(13,14)6-3-4-7(9)8(5-6)10(11)12;1-4-7(5-2)6-3;3-2(4,5)1-6/h3-10H,11-12H2,1-2H3;2-8,11H,9-10,12H2,1H3;2-9H,10H2,1H3;4-6H,3,7,15H2,1-2H3;1-5H,6H2;3-5H,2H2,1H3;4-6H2,1-3H3;1,6H2. The number of carbonyl (C=O) groups is 4.